The molecule has 3 rings (SSSR count). The van der Waals surface area contributed by atoms with Crippen molar-refractivity contribution in [3.8, 4) is 11.4 Å². The average Bonchev–Trinajstić information content (AvgIpc) is 3.15. The summed E-state index contributed by atoms with van der Waals surface area (Å²) < 4.78 is 1.78. The lowest BCUT2D eigenvalue weighted by molar-refractivity contribution is -0.139. The summed E-state index contributed by atoms with van der Waals surface area (Å²) in [6.45, 7) is 0. The van der Waals surface area contributed by atoms with Gasteiger partial charge in [0.15, 0.2) is 5.82 Å². The number of anilines is 1. The summed E-state index contributed by atoms with van der Waals surface area (Å²) in [6.07, 6.45) is 1.56. The molecule has 1 fully saturated rings. The summed E-state index contributed by atoms with van der Waals surface area (Å²) in [4.78, 5) is 22.0. The minimum absolute atomic E-state index is 0.347. The third-order valence-corrected chi connectivity index (χ3v) is 3.10. The Bertz CT molecular complexity index is 693. The smallest absolute Gasteiger partial charge is 0.312 e. The number of rotatable bonds is 5. The van der Waals surface area contributed by atoms with E-state index in [4.69, 9.17) is 5.11 Å². The molecule has 21 heavy (non-hydrogen) atoms. The van der Waals surface area contributed by atoms with E-state index in [9.17, 15) is 9.59 Å². The third kappa shape index (κ3) is 3.04. The SMILES string of the molecule is O=C(O)CC(=O)Nc1cccc(-c2nnnn2C2CC2)c1. The highest BCUT2D eigenvalue weighted by atomic mass is 16.4. The molecule has 8 heteroatoms. The molecular formula is C13H13N5O3. The molecule has 108 valence electrons. The van der Waals surface area contributed by atoms with E-state index in [1.54, 1.807) is 22.9 Å². The fourth-order valence-corrected chi connectivity index (χ4v) is 2.03. The Hall–Kier alpha value is -2.77. The maximum atomic E-state index is 11.5. The van der Waals surface area contributed by atoms with Gasteiger partial charge in [0.2, 0.25) is 5.91 Å². The van der Waals surface area contributed by atoms with Crippen LogP contribution in [0.5, 0.6) is 0 Å². The van der Waals surface area contributed by atoms with Gasteiger partial charge >= 0.3 is 5.97 Å². The van der Waals surface area contributed by atoms with Crippen molar-refractivity contribution in [2.75, 3.05) is 5.32 Å². The number of nitrogens with one attached hydrogen (secondary N) is 1. The lowest BCUT2D eigenvalue weighted by Gasteiger charge is -2.06. The molecule has 1 aromatic carbocycles. The van der Waals surface area contributed by atoms with Gasteiger partial charge in [-0.05, 0) is 35.4 Å². The molecule has 2 aromatic rings. The summed E-state index contributed by atoms with van der Waals surface area (Å²) in [5.74, 6) is -1.09. The average molecular weight is 287 g/mol. The molecule has 1 aromatic heterocycles. The van der Waals surface area contributed by atoms with Crippen LogP contribution >= 0.6 is 0 Å². The second-order valence-electron chi connectivity index (χ2n) is 4.88. The number of carboxylic acid groups (broad SMARTS) is 1. The van der Waals surface area contributed by atoms with Gasteiger partial charge in [0.05, 0.1) is 6.04 Å². The number of carbonyl (C=O) groups is 2. The van der Waals surface area contributed by atoms with Crippen molar-refractivity contribution in [1.29, 1.82) is 0 Å². The van der Waals surface area contributed by atoms with Crippen LogP contribution in [0.4, 0.5) is 5.69 Å². The first-order chi connectivity index (χ1) is 10.1. The largest absolute Gasteiger partial charge is 0.481 e. The number of aromatic nitrogens is 4. The van der Waals surface area contributed by atoms with Crippen molar-refractivity contribution in [2.24, 2.45) is 0 Å². The zero-order valence-electron chi connectivity index (χ0n) is 11.1. The first-order valence-corrected chi connectivity index (χ1v) is 6.53. The van der Waals surface area contributed by atoms with Crippen LogP contribution in [0.1, 0.15) is 25.3 Å². The minimum Gasteiger partial charge on any atom is -0.481 e. The van der Waals surface area contributed by atoms with Crippen LogP contribution in [0.25, 0.3) is 11.4 Å². The minimum atomic E-state index is -1.17. The predicted molar refractivity (Wildman–Crippen MR) is 72.4 cm³/mol. The highest BCUT2D eigenvalue weighted by Crippen LogP contribution is 2.36. The van der Waals surface area contributed by atoms with Gasteiger partial charge < -0.3 is 10.4 Å². The second kappa shape index (κ2) is 5.31. The van der Waals surface area contributed by atoms with Gasteiger partial charge in [0.25, 0.3) is 0 Å². The lowest BCUT2D eigenvalue weighted by Crippen LogP contribution is -2.15. The number of nitrogens with zero attached hydrogens (tertiary/aromatic N) is 4. The van der Waals surface area contributed by atoms with E-state index in [1.165, 1.54) is 0 Å². The molecule has 1 heterocycles. The molecule has 0 aliphatic heterocycles. The maximum absolute atomic E-state index is 11.5. The van der Waals surface area contributed by atoms with E-state index >= 15 is 0 Å². The molecule has 1 aliphatic rings. The number of hydrogen-bond acceptors (Lipinski definition) is 5. The Kier molecular flexibility index (Phi) is 3.35. The summed E-state index contributed by atoms with van der Waals surface area (Å²) in [5, 5.41) is 22.8. The molecule has 0 spiro atoms. The Morgan fingerprint density at radius 2 is 2.19 bits per heavy atom. The lowest BCUT2D eigenvalue weighted by atomic mass is 10.2. The molecule has 1 aliphatic carbocycles. The molecule has 1 amide bonds. The highest BCUT2D eigenvalue weighted by molar-refractivity contribution is 6.01. The van der Waals surface area contributed by atoms with Crippen LogP contribution in [-0.4, -0.2) is 37.2 Å². The Morgan fingerprint density at radius 1 is 1.38 bits per heavy atom. The molecular weight excluding hydrogens is 274 g/mol. The Morgan fingerprint density at radius 3 is 2.90 bits per heavy atom. The molecule has 8 nitrogen and oxygen atoms in total. The van der Waals surface area contributed by atoms with Crippen molar-refractivity contribution in [1.82, 2.24) is 20.2 Å². The molecule has 0 bridgehead atoms. The molecule has 0 radical (unpaired) electrons. The van der Waals surface area contributed by atoms with Gasteiger partial charge in [-0.2, -0.15) is 0 Å². The van der Waals surface area contributed by atoms with E-state index < -0.39 is 18.3 Å². The van der Waals surface area contributed by atoms with Crippen LogP contribution in [0.15, 0.2) is 24.3 Å². The summed E-state index contributed by atoms with van der Waals surface area (Å²) in [6, 6.07) is 7.37. The van der Waals surface area contributed by atoms with Crippen molar-refractivity contribution in [2.45, 2.75) is 25.3 Å². The topological polar surface area (TPSA) is 110 Å². The molecule has 1 saturated carbocycles. The number of aliphatic carboxylic acids is 1. The van der Waals surface area contributed by atoms with Gasteiger partial charge in [-0.1, -0.05) is 12.1 Å². The Balaban J connectivity index is 1.81. The number of hydrogen-bond donors (Lipinski definition) is 2. The van der Waals surface area contributed by atoms with Crippen LogP contribution < -0.4 is 5.32 Å². The number of carbonyl (C=O) groups excluding carboxylic acids is 1. The quantitative estimate of drug-likeness (QED) is 0.796. The summed E-state index contributed by atoms with van der Waals surface area (Å²) in [5.41, 5.74) is 1.30. The van der Waals surface area contributed by atoms with E-state index in [1.807, 2.05) is 6.07 Å². The van der Waals surface area contributed by atoms with Crippen molar-refractivity contribution in [3.63, 3.8) is 0 Å². The second-order valence-corrected chi connectivity index (χ2v) is 4.88. The Labute approximate surface area is 119 Å². The van der Waals surface area contributed by atoms with Gasteiger partial charge in [-0.3, -0.25) is 9.59 Å². The number of tetrazole rings is 1. The van der Waals surface area contributed by atoms with Crippen molar-refractivity contribution >= 4 is 17.6 Å². The number of carboxylic acids is 1. The van der Waals surface area contributed by atoms with Crippen LogP contribution in [0.2, 0.25) is 0 Å². The van der Waals surface area contributed by atoms with Gasteiger partial charge in [-0.25, -0.2) is 4.68 Å². The monoisotopic (exact) mass is 287 g/mol. The van der Waals surface area contributed by atoms with Crippen molar-refractivity contribution in [3.05, 3.63) is 24.3 Å². The number of benzene rings is 1. The fraction of sp³-hybridized carbons (Fsp3) is 0.308. The standard InChI is InChI=1S/C13H13N5O3/c19-11(7-12(20)21)14-9-3-1-2-8(6-9)13-15-16-17-18(13)10-4-5-10/h1-3,6,10H,4-5,7H2,(H,14,19)(H,20,21). The molecule has 0 unspecified atom stereocenters. The van der Waals surface area contributed by atoms with Crippen LogP contribution in [0, 0.1) is 0 Å². The van der Waals surface area contributed by atoms with Gasteiger partial charge in [-0.15, -0.1) is 5.10 Å². The fourth-order valence-electron chi connectivity index (χ4n) is 2.03. The zero-order chi connectivity index (χ0) is 14.8. The van der Waals surface area contributed by atoms with E-state index in [0.717, 1.165) is 18.4 Å². The molecule has 2 N–H and O–H groups in total. The molecule has 0 atom stereocenters. The normalized spacial score (nSPS) is 13.9. The first-order valence-electron chi connectivity index (χ1n) is 6.53. The third-order valence-electron chi connectivity index (χ3n) is 3.10. The summed E-state index contributed by atoms with van der Waals surface area (Å²) >= 11 is 0. The number of amides is 1. The predicted octanol–water partition coefficient (Wildman–Crippen LogP) is 1.09. The zero-order valence-corrected chi connectivity index (χ0v) is 11.1. The van der Waals surface area contributed by atoms with E-state index in [2.05, 4.69) is 20.8 Å². The van der Waals surface area contributed by atoms with E-state index in [0.29, 0.717) is 17.6 Å². The van der Waals surface area contributed by atoms with Crippen LogP contribution in [0.3, 0.4) is 0 Å². The van der Waals surface area contributed by atoms with Crippen molar-refractivity contribution < 1.29 is 14.7 Å². The van der Waals surface area contributed by atoms with Crippen LogP contribution in [-0.2, 0) is 9.59 Å². The first kappa shape index (κ1) is 13.2. The van der Waals surface area contributed by atoms with E-state index in [-0.39, 0.29) is 0 Å². The summed E-state index contributed by atoms with van der Waals surface area (Å²) in [7, 11) is 0. The van der Waals surface area contributed by atoms with Gasteiger partial charge in [0.1, 0.15) is 6.42 Å². The maximum Gasteiger partial charge on any atom is 0.312 e. The highest BCUT2D eigenvalue weighted by Gasteiger charge is 2.28. The molecule has 0 saturated heterocycles. The van der Waals surface area contributed by atoms with Gasteiger partial charge in [0, 0.05) is 11.3 Å².